The van der Waals surface area contributed by atoms with E-state index < -0.39 is 10.4 Å². The summed E-state index contributed by atoms with van der Waals surface area (Å²) in [6.07, 6.45) is 0. The second kappa shape index (κ2) is 2.09. The van der Waals surface area contributed by atoms with Crippen LogP contribution in [0.2, 0.25) is 0 Å². The normalized spacial score (nSPS) is 24.9. The molecule has 1 atom stereocenters. The molecular weight excluding hydrogens is 144 g/mol. The number of hydrogen-bond donors (Lipinski definition) is 2. The van der Waals surface area contributed by atoms with Crippen LogP contribution in [0.25, 0.3) is 0 Å². The van der Waals surface area contributed by atoms with Gasteiger partial charge in [-0.05, 0) is 0 Å². The standard InChI is InChI=1S/C2H4N4O2S/c3-1-4-5-2(9-1)6(7)8/h2,5H,(H2,3,4). The van der Waals surface area contributed by atoms with Gasteiger partial charge >= 0.3 is 5.50 Å². The number of nitrogens with one attached hydrogen (secondary N) is 1. The van der Waals surface area contributed by atoms with Crippen molar-refractivity contribution in [3.05, 3.63) is 10.1 Å². The average Bonchev–Trinajstić information content (AvgIpc) is 2.14. The van der Waals surface area contributed by atoms with Crippen molar-refractivity contribution in [2.75, 3.05) is 0 Å². The third-order valence-electron chi connectivity index (χ3n) is 0.709. The fourth-order valence-corrected chi connectivity index (χ4v) is 0.902. The molecule has 0 saturated carbocycles. The van der Waals surface area contributed by atoms with Crippen LogP contribution in [-0.2, 0) is 0 Å². The molecule has 9 heavy (non-hydrogen) atoms. The lowest BCUT2D eigenvalue weighted by molar-refractivity contribution is -0.500. The Morgan fingerprint density at radius 3 is 2.89 bits per heavy atom. The van der Waals surface area contributed by atoms with Gasteiger partial charge in [0.1, 0.15) is 0 Å². The summed E-state index contributed by atoms with van der Waals surface area (Å²) < 4.78 is 0. The summed E-state index contributed by atoms with van der Waals surface area (Å²) in [5.74, 6) is 0. The number of hydrogen-bond acceptors (Lipinski definition) is 6. The topological polar surface area (TPSA) is 93.5 Å². The molecule has 50 valence electrons. The number of amidine groups is 1. The van der Waals surface area contributed by atoms with Gasteiger partial charge in [-0.15, -0.1) is 5.10 Å². The molecule has 1 aliphatic heterocycles. The second-order valence-corrected chi connectivity index (χ2v) is 2.44. The van der Waals surface area contributed by atoms with Crippen LogP contribution >= 0.6 is 11.8 Å². The van der Waals surface area contributed by atoms with Gasteiger partial charge in [-0.3, -0.25) is 10.1 Å². The largest absolute Gasteiger partial charge is 0.377 e. The van der Waals surface area contributed by atoms with Crippen molar-refractivity contribution in [1.82, 2.24) is 5.43 Å². The second-order valence-electron chi connectivity index (χ2n) is 1.33. The molecule has 0 aromatic heterocycles. The Kier molecular flexibility index (Phi) is 1.43. The number of thioether (sulfide) groups is 1. The summed E-state index contributed by atoms with van der Waals surface area (Å²) in [6, 6.07) is 0. The Bertz CT molecular complexity index is 168. The van der Waals surface area contributed by atoms with Crippen LogP contribution in [0.3, 0.4) is 0 Å². The van der Waals surface area contributed by atoms with E-state index in [1.54, 1.807) is 0 Å². The lowest BCUT2D eigenvalue weighted by Crippen LogP contribution is -2.25. The van der Waals surface area contributed by atoms with E-state index in [1.165, 1.54) is 0 Å². The molecule has 7 heteroatoms. The Morgan fingerprint density at radius 1 is 2.00 bits per heavy atom. The van der Waals surface area contributed by atoms with Gasteiger partial charge in [0.25, 0.3) is 0 Å². The number of rotatable bonds is 1. The molecule has 0 aromatic rings. The Morgan fingerprint density at radius 2 is 2.67 bits per heavy atom. The zero-order valence-corrected chi connectivity index (χ0v) is 5.09. The molecule has 0 bridgehead atoms. The van der Waals surface area contributed by atoms with Crippen molar-refractivity contribution in [3.8, 4) is 0 Å². The molecule has 0 radical (unpaired) electrons. The zero-order valence-electron chi connectivity index (χ0n) is 4.27. The van der Waals surface area contributed by atoms with Gasteiger partial charge in [0.2, 0.25) is 0 Å². The van der Waals surface area contributed by atoms with Gasteiger partial charge in [-0.2, -0.15) is 0 Å². The lowest BCUT2D eigenvalue weighted by atomic mass is 11.2. The predicted molar refractivity (Wildman–Crippen MR) is 33.1 cm³/mol. The van der Waals surface area contributed by atoms with Gasteiger partial charge in [-0.25, -0.2) is 5.43 Å². The molecule has 0 aliphatic carbocycles. The molecular formula is C2H4N4O2S. The minimum absolute atomic E-state index is 0.205. The molecule has 0 amide bonds. The summed E-state index contributed by atoms with van der Waals surface area (Å²) in [5.41, 5.74) is 6.44. The SMILES string of the molecule is NC1=NNC([N+](=O)[O-])S1. The van der Waals surface area contributed by atoms with Gasteiger partial charge < -0.3 is 5.73 Å². The molecule has 6 nitrogen and oxygen atoms in total. The minimum atomic E-state index is -0.898. The van der Waals surface area contributed by atoms with Gasteiger partial charge in [-0.1, -0.05) is 0 Å². The van der Waals surface area contributed by atoms with Crippen molar-refractivity contribution in [2.45, 2.75) is 5.50 Å². The van der Waals surface area contributed by atoms with Crippen molar-refractivity contribution in [3.63, 3.8) is 0 Å². The fraction of sp³-hybridized carbons (Fsp3) is 0.500. The Balaban J connectivity index is 2.47. The third kappa shape index (κ3) is 1.22. The van der Waals surface area contributed by atoms with E-state index in [1.807, 2.05) is 0 Å². The monoisotopic (exact) mass is 148 g/mol. The molecule has 1 rings (SSSR count). The summed E-state index contributed by atoms with van der Waals surface area (Å²) in [6.45, 7) is 0. The third-order valence-corrected chi connectivity index (χ3v) is 1.54. The van der Waals surface area contributed by atoms with Crippen LogP contribution in [0.1, 0.15) is 0 Å². The number of nitrogens with two attached hydrogens (primary N) is 1. The van der Waals surface area contributed by atoms with E-state index in [2.05, 4.69) is 10.5 Å². The average molecular weight is 148 g/mol. The maximum absolute atomic E-state index is 9.94. The molecule has 1 heterocycles. The first-order chi connectivity index (χ1) is 4.20. The summed E-state index contributed by atoms with van der Waals surface area (Å²) in [5, 5.41) is 13.6. The van der Waals surface area contributed by atoms with E-state index in [-0.39, 0.29) is 5.17 Å². The summed E-state index contributed by atoms with van der Waals surface area (Å²) in [7, 11) is 0. The number of nitro groups is 1. The van der Waals surface area contributed by atoms with E-state index >= 15 is 0 Å². The highest BCUT2D eigenvalue weighted by Crippen LogP contribution is 2.13. The number of nitrogens with zero attached hydrogens (tertiary/aromatic N) is 2. The first-order valence-electron chi connectivity index (χ1n) is 2.09. The minimum Gasteiger partial charge on any atom is -0.377 e. The van der Waals surface area contributed by atoms with Crippen LogP contribution in [0.15, 0.2) is 5.10 Å². The summed E-state index contributed by atoms with van der Waals surface area (Å²) >= 11 is 0.891. The van der Waals surface area contributed by atoms with Crippen LogP contribution in [0, 0.1) is 10.1 Å². The highest BCUT2D eigenvalue weighted by Gasteiger charge is 2.26. The highest BCUT2D eigenvalue weighted by molar-refractivity contribution is 8.14. The fourth-order valence-electron chi connectivity index (χ4n) is 0.376. The van der Waals surface area contributed by atoms with Crippen LogP contribution in [-0.4, -0.2) is 15.6 Å². The van der Waals surface area contributed by atoms with E-state index in [9.17, 15) is 10.1 Å². The van der Waals surface area contributed by atoms with Crippen molar-refractivity contribution >= 4 is 16.9 Å². The zero-order chi connectivity index (χ0) is 6.85. The summed E-state index contributed by atoms with van der Waals surface area (Å²) in [4.78, 5) is 9.45. The molecule has 0 aromatic carbocycles. The van der Waals surface area contributed by atoms with Gasteiger partial charge in [0, 0.05) is 11.8 Å². The first-order valence-corrected chi connectivity index (χ1v) is 2.97. The predicted octanol–water partition coefficient (Wildman–Crippen LogP) is -0.887. The van der Waals surface area contributed by atoms with Crippen LogP contribution in [0.4, 0.5) is 0 Å². The molecule has 0 fully saturated rings. The molecule has 0 saturated heterocycles. The van der Waals surface area contributed by atoms with Crippen LogP contribution in [0.5, 0.6) is 0 Å². The van der Waals surface area contributed by atoms with Crippen molar-refractivity contribution in [1.29, 1.82) is 0 Å². The van der Waals surface area contributed by atoms with Crippen molar-refractivity contribution in [2.24, 2.45) is 10.8 Å². The van der Waals surface area contributed by atoms with E-state index in [0.29, 0.717) is 0 Å². The lowest BCUT2D eigenvalue weighted by Gasteiger charge is -1.95. The highest BCUT2D eigenvalue weighted by atomic mass is 32.2. The van der Waals surface area contributed by atoms with Gasteiger partial charge in [0.15, 0.2) is 5.17 Å². The first kappa shape index (κ1) is 6.14. The molecule has 3 N–H and O–H groups in total. The van der Waals surface area contributed by atoms with E-state index in [4.69, 9.17) is 5.73 Å². The smallest absolute Gasteiger partial charge is 0.354 e. The maximum Gasteiger partial charge on any atom is 0.354 e. The Hall–Kier alpha value is -0.980. The van der Waals surface area contributed by atoms with Gasteiger partial charge in [0.05, 0.1) is 4.92 Å². The molecule has 1 unspecified atom stereocenters. The number of hydrazone groups is 1. The maximum atomic E-state index is 9.94. The van der Waals surface area contributed by atoms with Crippen molar-refractivity contribution < 1.29 is 4.92 Å². The molecule has 1 aliphatic rings. The Labute approximate surface area is 54.6 Å². The van der Waals surface area contributed by atoms with E-state index in [0.717, 1.165) is 11.8 Å². The van der Waals surface area contributed by atoms with Crippen LogP contribution < -0.4 is 11.2 Å². The molecule has 0 spiro atoms. The quantitative estimate of drug-likeness (QED) is 0.371.